The Hall–Kier alpha value is -4.94. The number of H-pyrrole nitrogens is 1. The summed E-state index contributed by atoms with van der Waals surface area (Å²) in [5.41, 5.74) is 8.29. The van der Waals surface area contributed by atoms with Crippen molar-refractivity contribution in [1.82, 2.24) is 26.1 Å². The van der Waals surface area contributed by atoms with Crippen molar-refractivity contribution in [3.8, 4) is 22.1 Å². The van der Waals surface area contributed by atoms with Crippen molar-refractivity contribution in [1.29, 1.82) is 0 Å². The van der Waals surface area contributed by atoms with Crippen molar-refractivity contribution in [3.05, 3.63) is 78.5 Å². The SMILES string of the molecule is CCOC(=O)[C@H](Cc1c[nH]c2ccccc12)NCC(=O)NNC(=O)COc1ccc(-c2nc3ccccc3s2)cc1OC. The van der Waals surface area contributed by atoms with Crippen molar-refractivity contribution in [2.45, 2.75) is 19.4 Å². The van der Waals surface area contributed by atoms with Gasteiger partial charge in [0.15, 0.2) is 18.1 Å². The Kier molecular flexibility index (Phi) is 9.49. The predicted molar refractivity (Wildman–Crippen MR) is 164 cm³/mol. The lowest BCUT2D eigenvalue weighted by molar-refractivity contribution is -0.145. The molecule has 2 aromatic heterocycles. The molecular formula is C31H31N5O6S. The number of rotatable bonds is 12. The molecule has 1 atom stereocenters. The fourth-order valence-electron chi connectivity index (χ4n) is 4.50. The second-order valence-electron chi connectivity index (χ2n) is 9.49. The lowest BCUT2D eigenvalue weighted by Crippen LogP contribution is -2.50. The molecule has 0 spiro atoms. The van der Waals surface area contributed by atoms with Crippen molar-refractivity contribution >= 4 is 50.2 Å². The van der Waals surface area contributed by atoms with Gasteiger partial charge in [-0.25, -0.2) is 4.98 Å². The Balaban J connectivity index is 1.11. The molecule has 11 nitrogen and oxygen atoms in total. The smallest absolute Gasteiger partial charge is 0.323 e. The number of aromatic nitrogens is 2. The highest BCUT2D eigenvalue weighted by atomic mass is 32.1. The van der Waals surface area contributed by atoms with Crippen LogP contribution in [0.1, 0.15) is 12.5 Å². The minimum atomic E-state index is -0.762. The van der Waals surface area contributed by atoms with Gasteiger partial charge in [-0.05, 0) is 48.9 Å². The highest BCUT2D eigenvalue weighted by Crippen LogP contribution is 2.36. The van der Waals surface area contributed by atoms with Gasteiger partial charge in [0.25, 0.3) is 11.8 Å². The number of carbonyl (C=O) groups is 3. The third kappa shape index (κ3) is 7.29. The number of amides is 2. The number of aromatic amines is 1. The average Bonchev–Trinajstić information content (AvgIpc) is 3.65. The standard InChI is InChI=1S/C31H31N5O6S/c1-3-41-31(39)24(14-20-16-32-22-9-5-4-8-21(20)22)33-17-28(37)35-36-29(38)18-42-25-13-12-19(15-26(25)40-2)30-34-23-10-6-7-11-27(23)43-30/h4-13,15-16,24,32-33H,3,14,17-18H2,1-2H3,(H,35,37)(H,36,38)/t24-/m0/s1. The van der Waals surface area contributed by atoms with E-state index in [0.717, 1.165) is 37.3 Å². The molecule has 0 radical (unpaired) electrons. The zero-order valence-electron chi connectivity index (χ0n) is 23.6. The van der Waals surface area contributed by atoms with Gasteiger partial charge in [-0.2, -0.15) is 0 Å². The third-order valence-electron chi connectivity index (χ3n) is 6.58. The quantitative estimate of drug-likeness (QED) is 0.125. The summed E-state index contributed by atoms with van der Waals surface area (Å²) in [5, 5.41) is 4.75. The van der Waals surface area contributed by atoms with E-state index in [9.17, 15) is 14.4 Å². The van der Waals surface area contributed by atoms with Gasteiger partial charge in [0.1, 0.15) is 11.0 Å². The first-order valence-electron chi connectivity index (χ1n) is 13.6. The Morgan fingerprint density at radius 2 is 1.77 bits per heavy atom. The molecule has 5 aromatic rings. The van der Waals surface area contributed by atoms with E-state index in [4.69, 9.17) is 14.2 Å². The predicted octanol–water partition coefficient (Wildman–Crippen LogP) is 3.74. The summed E-state index contributed by atoms with van der Waals surface area (Å²) in [6.07, 6.45) is 2.15. The van der Waals surface area contributed by atoms with Crippen LogP contribution >= 0.6 is 11.3 Å². The molecule has 222 valence electrons. The number of hydrazine groups is 1. The van der Waals surface area contributed by atoms with E-state index in [-0.39, 0.29) is 19.8 Å². The van der Waals surface area contributed by atoms with Crippen LogP contribution in [0.25, 0.3) is 31.7 Å². The highest BCUT2D eigenvalue weighted by molar-refractivity contribution is 7.21. The Labute approximate surface area is 251 Å². The van der Waals surface area contributed by atoms with Crippen LogP contribution in [0.4, 0.5) is 0 Å². The number of nitrogens with one attached hydrogen (secondary N) is 4. The molecule has 0 aliphatic carbocycles. The lowest BCUT2D eigenvalue weighted by atomic mass is 10.0. The highest BCUT2D eigenvalue weighted by Gasteiger charge is 2.22. The van der Waals surface area contributed by atoms with Crippen molar-refractivity contribution in [3.63, 3.8) is 0 Å². The van der Waals surface area contributed by atoms with Crippen LogP contribution in [0.5, 0.6) is 11.5 Å². The van der Waals surface area contributed by atoms with Gasteiger partial charge in [-0.1, -0.05) is 30.3 Å². The first kappa shape index (κ1) is 29.5. The number of benzene rings is 3. The second-order valence-corrected chi connectivity index (χ2v) is 10.5. The van der Waals surface area contributed by atoms with Gasteiger partial charge >= 0.3 is 5.97 Å². The van der Waals surface area contributed by atoms with Gasteiger partial charge in [0.05, 0.1) is 30.5 Å². The van der Waals surface area contributed by atoms with Crippen LogP contribution in [-0.4, -0.2) is 60.7 Å². The molecule has 12 heteroatoms. The van der Waals surface area contributed by atoms with E-state index in [2.05, 4.69) is 26.1 Å². The van der Waals surface area contributed by atoms with E-state index < -0.39 is 23.8 Å². The van der Waals surface area contributed by atoms with Gasteiger partial charge < -0.3 is 19.2 Å². The molecule has 0 saturated heterocycles. The molecular weight excluding hydrogens is 570 g/mol. The molecule has 0 saturated carbocycles. The maximum Gasteiger partial charge on any atom is 0.323 e. The topological polar surface area (TPSA) is 144 Å². The molecule has 0 fully saturated rings. The van der Waals surface area contributed by atoms with Crippen LogP contribution in [0.2, 0.25) is 0 Å². The summed E-state index contributed by atoms with van der Waals surface area (Å²) in [4.78, 5) is 45.2. The Bertz CT molecular complexity index is 1720. The van der Waals surface area contributed by atoms with Crippen molar-refractivity contribution < 1.29 is 28.6 Å². The lowest BCUT2D eigenvalue weighted by Gasteiger charge is -2.17. The second kappa shape index (κ2) is 13.8. The largest absolute Gasteiger partial charge is 0.493 e. The molecule has 2 amide bonds. The average molecular weight is 602 g/mol. The molecule has 43 heavy (non-hydrogen) atoms. The number of ether oxygens (including phenoxy) is 3. The molecule has 2 heterocycles. The Morgan fingerprint density at radius 3 is 2.58 bits per heavy atom. The summed E-state index contributed by atoms with van der Waals surface area (Å²) in [6, 6.07) is 20.2. The van der Waals surface area contributed by atoms with Gasteiger partial charge in [-0.3, -0.25) is 30.6 Å². The molecule has 0 aliphatic rings. The Morgan fingerprint density at radius 1 is 0.977 bits per heavy atom. The minimum absolute atomic E-state index is 0.211. The third-order valence-corrected chi connectivity index (χ3v) is 7.67. The van der Waals surface area contributed by atoms with Crippen LogP contribution in [0.3, 0.4) is 0 Å². The van der Waals surface area contributed by atoms with Crippen LogP contribution in [-0.2, 0) is 25.5 Å². The van der Waals surface area contributed by atoms with E-state index in [1.807, 2.05) is 60.8 Å². The number of thiazole rings is 1. The number of fused-ring (bicyclic) bond motifs is 2. The molecule has 0 unspecified atom stereocenters. The number of nitrogens with zero attached hydrogens (tertiary/aromatic N) is 1. The summed E-state index contributed by atoms with van der Waals surface area (Å²) >= 11 is 1.57. The number of hydrogen-bond acceptors (Lipinski definition) is 9. The monoisotopic (exact) mass is 601 g/mol. The molecule has 3 aromatic carbocycles. The molecule has 0 bridgehead atoms. The fourth-order valence-corrected chi connectivity index (χ4v) is 5.46. The van der Waals surface area contributed by atoms with E-state index in [1.165, 1.54) is 7.11 Å². The fraction of sp³-hybridized carbons (Fsp3) is 0.226. The number of para-hydroxylation sites is 2. The zero-order valence-corrected chi connectivity index (χ0v) is 24.5. The first-order valence-corrected chi connectivity index (χ1v) is 14.5. The van der Waals surface area contributed by atoms with Crippen molar-refractivity contribution in [2.75, 3.05) is 26.9 Å². The zero-order chi connectivity index (χ0) is 30.2. The summed E-state index contributed by atoms with van der Waals surface area (Å²) in [6.45, 7) is 1.34. The van der Waals surface area contributed by atoms with E-state index in [0.29, 0.717) is 17.9 Å². The van der Waals surface area contributed by atoms with Crippen LogP contribution < -0.4 is 25.6 Å². The summed E-state index contributed by atoms with van der Waals surface area (Å²) < 4.78 is 17.4. The van der Waals surface area contributed by atoms with Crippen LogP contribution in [0.15, 0.2) is 72.9 Å². The molecule has 5 rings (SSSR count). The van der Waals surface area contributed by atoms with Gasteiger partial charge in [0.2, 0.25) is 0 Å². The van der Waals surface area contributed by atoms with Gasteiger partial charge in [-0.15, -0.1) is 11.3 Å². The summed E-state index contributed by atoms with van der Waals surface area (Å²) in [5.74, 6) is -0.782. The van der Waals surface area contributed by atoms with Crippen molar-refractivity contribution in [2.24, 2.45) is 0 Å². The first-order chi connectivity index (χ1) is 20.9. The maximum atomic E-state index is 12.6. The van der Waals surface area contributed by atoms with E-state index >= 15 is 0 Å². The number of carbonyl (C=O) groups excluding carboxylic acids is 3. The minimum Gasteiger partial charge on any atom is -0.493 e. The van der Waals surface area contributed by atoms with Crippen LogP contribution in [0, 0.1) is 0 Å². The van der Waals surface area contributed by atoms with Gasteiger partial charge in [0, 0.05) is 29.1 Å². The normalized spacial score (nSPS) is 11.7. The number of hydrogen-bond donors (Lipinski definition) is 4. The summed E-state index contributed by atoms with van der Waals surface area (Å²) in [7, 11) is 1.51. The maximum absolute atomic E-state index is 12.6. The molecule has 4 N–H and O–H groups in total. The number of methoxy groups -OCH3 is 1. The molecule has 0 aliphatic heterocycles. The van der Waals surface area contributed by atoms with E-state index in [1.54, 1.807) is 30.4 Å². The number of esters is 1.